The molecular formula is C12H17N3O. The molecule has 4 nitrogen and oxygen atoms in total. The molecule has 0 radical (unpaired) electrons. The van der Waals surface area contributed by atoms with Crippen molar-refractivity contribution in [1.29, 1.82) is 0 Å². The molecule has 1 aromatic rings. The van der Waals surface area contributed by atoms with Crippen LogP contribution in [0.2, 0.25) is 0 Å². The van der Waals surface area contributed by atoms with Crippen LogP contribution < -0.4 is 5.84 Å². The molecule has 0 fully saturated rings. The molecule has 1 amide bonds. The summed E-state index contributed by atoms with van der Waals surface area (Å²) < 4.78 is 0. The monoisotopic (exact) mass is 219 g/mol. The first-order valence-electron chi connectivity index (χ1n) is 5.26. The molecule has 0 spiro atoms. The molecule has 0 saturated carbocycles. The number of carbonyl (C=O) groups excluding carboxylic acids is 1. The van der Waals surface area contributed by atoms with E-state index in [1.165, 1.54) is 5.01 Å². The fourth-order valence-corrected chi connectivity index (χ4v) is 1.14. The van der Waals surface area contributed by atoms with Crippen molar-refractivity contribution in [3.05, 3.63) is 41.7 Å². The van der Waals surface area contributed by atoms with Crippen LogP contribution in [-0.2, 0) is 11.3 Å². The Bertz CT molecular complexity index is 373. The van der Waals surface area contributed by atoms with E-state index in [1.54, 1.807) is 12.3 Å². The van der Waals surface area contributed by atoms with Crippen molar-refractivity contribution in [2.24, 2.45) is 5.84 Å². The molecule has 0 bridgehead atoms. The highest BCUT2D eigenvalue weighted by atomic mass is 16.2. The van der Waals surface area contributed by atoms with Crippen LogP contribution in [-0.4, -0.2) is 15.9 Å². The molecule has 0 aromatic carbocycles. The zero-order valence-electron chi connectivity index (χ0n) is 9.68. The smallest absolute Gasteiger partial charge is 0.260 e. The number of hydrogen-bond donors (Lipinski definition) is 1. The lowest BCUT2D eigenvalue weighted by atomic mass is 10.2. The predicted octanol–water partition coefficient (Wildman–Crippen LogP) is 1.64. The Morgan fingerprint density at radius 3 is 2.88 bits per heavy atom. The highest BCUT2D eigenvalue weighted by molar-refractivity contribution is 5.87. The zero-order chi connectivity index (χ0) is 12.0. The summed E-state index contributed by atoms with van der Waals surface area (Å²) in [7, 11) is 0. The Hall–Kier alpha value is -1.68. The van der Waals surface area contributed by atoms with Crippen molar-refractivity contribution in [3.63, 3.8) is 0 Å². The van der Waals surface area contributed by atoms with Gasteiger partial charge in [0.05, 0.1) is 12.2 Å². The number of aromatic nitrogens is 1. The minimum absolute atomic E-state index is 0.190. The standard InChI is InChI=1S/C12H17N3O/c1-3-10(2)8-12(16)15(13)9-11-6-4-5-7-14-11/h4-8H,3,9,13H2,1-2H3/b10-8+. The maximum Gasteiger partial charge on any atom is 0.260 e. The molecule has 86 valence electrons. The number of nitrogens with two attached hydrogens (primary N) is 1. The van der Waals surface area contributed by atoms with Crippen LogP contribution in [0.25, 0.3) is 0 Å². The number of hydrogen-bond acceptors (Lipinski definition) is 3. The van der Waals surface area contributed by atoms with E-state index >= 15 is 0 Å². The van der Waals surface area contributed by atoms with Gasteiger partial charge in [-0.3, -0.25) is 14.8 Å². The van der Waals surface area contributed by atoms with Gasteiger partial charge in [0.1, 0.15) is 0 Å². The minimum Gasteiger partial charge on any atom is -0.271 e. The third kappa shape index (κ3) is 3.82. The Kier molecular flexibility index (Phi) is 4.66. The lowest BCUT2D eigenvalue weighted by molar-refractivity contribution is -0.127. The largest absolute Gasteiger partial charge is 0.271 e. The lowest BCUT2D eigenvalue weighted by Gasteiger charge is -2.14. The number of pyridine rings is 1. The molecule has 0 unspecified atom stereocenters. The van der Waals surface area contributed by atoms with Gasteiger partial charge in [-0.05, 0) is 25.5 Å². The van der Waals surface area contributed by atoms with Gasteiger partial charge in [0.25, 0.3) is 5.91 Å². The normalized spacial score (nSPS) is 11.3. The van der Waals surface area contributed by atoms with Crippen molar-refractivity contribution < 1.29 is 4.79 Å². The van der Waals surface area contributed by atoms with E-state index in [0.29, 0.717) is 6.54 Å². The molecule has 1 heterocycles. The van der Waals surface area contributed by atoms with Crippen LogP contribution in [0, 0.1) is 0 Å². The molecule has 0 aliphatic rings. The molecule has 4 heteroatoms. The number of allylic oxidation sites excluding steroid dienone is 1. The second-order valence-electron chi connectivity index (χ2n) is 3.63. The second-order valence-corrected chi connectivity index (χ2v) is 3.63. The zero-order valence-corrected chi connectivity index (χ0v) is 9.68. The van der Waals surface area contributed by atoms with Gasteiger partial charge in [-0.25, -0.2) is 5.84 Å². The third-order valence-electron chi connectivity index (χ3n) is 2.27. The summed E-state index contributed by atoms with van der Waals surface area (Å²) in [6.07, 6.45) is 4.09. The molecule has 1 aromatic heterocycles. The summed E-state index contributed by atoms with van der Waals surface area (Å²) in [6.45, 7) is 4.23. The van der Waals surface area contributed by atoms with E-state index in [4.69, 9.17) is 5.84 Å². The Morgan fingerprint density at radius 2 is 2.31 bits per heavy atom. The molecular weight excluding hydrogens is 202 g/mol. The Balaban J connectivity index is 2.59. The lowest BCUT2D eigenvalue weighted by Crippen LogP contribution is -2.35. The van der Waals surface area contributed by atoms with E-state index in [1.807, 2.05) is 32.0 Å². The van der Waals surface area contributed by atoms with Crippen LogP contribution in [0.1, 0.15) is 26.0 Å². The van der Waals surface area contributed by atoms with E-state index in [2.05, 4.69) is 4.98 Å². The fraction of sp³-hybridized carbons (Fsp3) is 0.333. The van der Waals surface area contributed by atoms with Crippen molar-refractivity contribution >= 4 is 5.91 Å². The summed E-state index contributed by atoms with van der Waals surface area (Å²) in [5, 5.41) is 1.17. The van der Waals surface area contributed by atoms with Gasteiger partial charge < -0.3 is 0 Å². The van der Waals surface area contributed by atoms with Gasteiger partial charge in [-0.1, -0.05) is 18.6 Å². The number of carbonyl (C=O) groups is 1. The van der Waals surface area contributed by atoms with Crippen molar-refractivity contribution in [3.8, 4) is 0 Å². The number of rotatable bonds is 4. The van der Waals surface area contributed by atoms with Crippen LogP contribution in [0.15, 0.2) is 36.0 Å². The van der Waals surface area contributed by atoms with E-state index in [9.17, 15) is 4.79 Å². The van der Waals surface area contributed by atoms with Crippen molar-refractivity contribution in [2.45, 2.75) is 26.8 Å². The SMILES string of the molecule is CC/C(C)=C/C(=O)N(N)Cc1ccccn1. The third-order valence-corrected chi connectivity index (χ3v) is 2.27. The summed E-state index contributed by atoms with van der Waals surface area (Å²) >= 11 is 0. The highest BCUT2D eigenvalue weighted by Crippen LogP contribution is 2.01. The first kappa shape index (κ1) is 12.4. The molecule has 1 rings (SSSR count). The molecule has 2 N–H and O–H groups in total. The average molecular weight is 219 g/mol. The topological polar surface area (TPSA) is 59.2 Å². The van der Waals surface area contributed by atoms with Gasteiger partial charge in [0.2, 0.25) is 0 Å². The predicted molar refractivity (Wildman–Crippen MR) is 63.0 cm³/mol. The quantitative estimate of drug-likeness (QED) is 0.362. The van der Waals surface area contributed by atoms with Crippen molar-refractivity contribution in [1.82, 2.24) is 9.99 Å². The molecule has 0 saturated heterocycles. The minimum atomic E-state index is -0.190. The van der Waals surface area contributed by atoms with E-state index in [-0.39, 0.29) is 5.91 Å². The first-order chi connectivity index (χ1) is 7.63. The van der Waals surface area contributed by atoms with Crippen LogP contribution in [0.5, 0.6) is 0 Å². The van der Waals surface area contributed by atoms with Crippen molar-refractivity contribution in [2.75, 3.05) is 0 Å². The second kappa shape index (κ2) is 6.02. The number of nitrogens with zero attached hydrogens (tertiary/aromatic N) is 2. The number of hydrazine groups is 1. The molecule has 0 aliphatic heterocycles. The maximum atomic E-state index is 11.6. The Morgan fingerprint density at radius 1 is 1.56 bits per heavy atom. The van der Waals surface area contributed by atoms with Gasteiger partial charge in [0, 0.05) is 12.3 Å². The van der Waals surface area contributed by atoms with Gasteiger partial charge in [0.15, 0.2) is 0 Å². The highest BCUT2D eigenvalue weighted by Gasteiger charge is 2.07. The van der Waals surface area contributed by atoms with Gasteiger partial charge >= 0.3 is 0 Å². The number of amides is 1. The molecule has 0 atom stereocenters. The van der Waals surface area contributed by atoms with E-state index in [0.717, 1.165) is 17.7 Å². The summed E-state index contributed by atoms with van der Waals surface area (Å²) in [5.74, 6) is 5.46. The van der Waals surface area contributed by atoms with Crippen LogP contribution in [0.4, 0.5) is 0 Å². The summed E-state index contributed by atoms with van der Waals surface area (Å²) in [5.41, 5.74) is 1.79. The van der Waals surface area contributed by atoms with Gasteiger partial charge in [-0.2, -0.15) is 0 Å². The molecule has 0 aliphatic carbocycles. The van der Waals surface area contributed by atoms with Crippen LogP contribution in [0.3, 0.4) is 0 Å². The Labute approximate surface area is 95.7 Å². The summed E-state index contributed by atoms with van der Waals surface area (Å²) in [4.78, 5) is 15.7. The van der Waals surface area contributed by atoms with Crippen LogP contribution >= 0.6 is 0 Å². The molecule has 16 heavy (non-hydrogen) atoms. The fourth-order valence-electron chi connectivity index (χ4n) is 1.14. The maximum absolute atomic E-state index is 11.6. The summed E-state index contributed by atoms with van der Waals surface area (Å²) in [6, 6.07) is 5.53. The first-order valence-corrected chi connectivity index (χ1v) is 5.26. The average Bonchev–Trinajstić information content (AvgIpc) is 2.30. The van der Waals surface area contributed by atoms with E-state index < -0.39 is 0 Å². The van der Waals surface area contributed by atoms with Gasteiger partial charge in [-0.15, -0.1) is 0 Å².